The van der Waals surface area contributed by atoms with Gasteiger partial charge in [0.05, 0.1) is 22.9 Å². The number of rotatable bonds is 3. The molecule has 0 bridgehead atoms. The molecule has 0 aromatic carbocycles. The molecule has 126 valence electrons. The molecule has 7 nitrogen and oxygen atoms in total. The monoisotopic (exact) mass is 327 g/mol. The van der Waals surface area contributed by atoms with Gasteiger partial charge in [-0.05, 0) is 31.6 Å². The molecule has 24 heavy (non-hydrogen) atoms. The largest absolute Gasteiger partial charge is 0.425 e. The first kappa shape index (κ1) is 14.2. The van der Waals surface area contributed by atoms with E-state index >= 15 is 0 Å². The summed E-state index contributed by atoms with van der Waals surface area (Å²) in [5.74, 6) is 2.31. The molecular formula is C17H21N5O2. The number of hydrogen-bond acceptors (Lipinski definition) is 5. The molecule has 3 aliphatic rings. The molecule has 5 rings (SSSR count). The summed E-state index contributed by atoms with van der Waals surface area (Å²) < 4.78 is 5.78. The lowest BCUT2D eigenvalue weighted by Crippen LogP contribution is -2.35. The highest BCUT2D eigenvalue weighted by Gasteiger charge is 2.55. The van der Waals surface area contributed by atoms with Gasteiger partial charge in [0.15, 0.2) is 0 Å². The Morgan fingerprint density at radius 3 is 3.00 bits per heavy atom. The number of carbonyl (C=O) groups is 1. The highest BCUT2D eigenvalue weighted by molar-refractivity contribution is 5.95. The van der Waals surface area contributed by atoms with Gasteiger partial charge in [-0.1, -0.05) is 6.42 Å². The Hall–Kier alpha value is -2.18. The second-order valence-corrected chi connectivity index (χ2v) is 7.53. The summed E-state index contributed by atoms with van der Waals surface area (Å²) in [5, 5.41) is 15.5. The van der Waals surface area contributed by atoms with E-state index in [4.69, 9.17) is 4.42 Å². The summed E-state index contributed by atoms with van der Waals surface area (Å²) in [6.07, 6.45) is 7.28. The molecule has 1 saturated heterocycles. The van der Waals surface area contributed by atoms with Crippen molar-refractivity contribution >= 4 is 5.91 Å². The number of H-pyrrole nitrogens is 1. The number of aryl methyl sites for hydroxylation is 1. The maximum atomic E-state index is 13.1. The Bertz CT molecular complexity index is 793. The molecule has 1 N–H and O–H groups in total. The van der Waals surface area contributed by atoms with Gasteiger partial charge < -0.3 is 9.32 Å². The summed E-state index contributed by atoms with van der Waals surface area (Å²) in [5.41, 5.74) is 1.61. The maximum absolute atomic E-state index is 13.1. The van der Waals surface area contributed by atoms with Crippen LogP contribution in [0.2, 0.25) is 0 Å². The zero-order valence-electron chi connectivity index (χ0n) is 13.8. The third-order valence-electron chi connectivity index (χ3n) is 5.99. The Kier molecular flexibility index (Phi) is 2.90. The number of aromatic amines is 1. The maximum Gasteiger partial charge on any atom is 0.257 e. The van der Waals surface area contributed by atoms with Crippen molar-refractivity contribution in [1.82, 2.24) is 25.3 Å². The highest BCUT2D eigenvalue weighted by atomic mass is 16.4. The molecule has 1 amide bonds. The van der Waals surface area contributed by atoms with Crippen LogP contribution in [0.15, 0.2) is 10.6 Å². The Labute approximate surface area is 139 Å². The summed E-state index contributed by atoms with van der Waals surface area (Å²) >= 11 is 0. The van der Waals surface area contributed by atoms with Crippen LogP contribution in [0, 0.1) is 12.8 Å². The highest BCUT2D eigenvalue weighted by Crippen LogP contribution is 2.50. The fourth-order valence-corrected chi connectivity index (χ4v) is 4.61. The Balaban J connectivity index is 1.45. The van der Waals surface area contributed by atoms with E-state index in [0.29, 0.717) is 30.2 Å². The van der Waals surface area contributed by atoms with Gasteiger partial charge in [-0.25, -0.2) is 0 Å². The van der Waals surface area contributed by atoms with Crippen molar-refractivity contribution in [3.8, 4) is 0 Å². The van der Waals surface area contributed by atoms with Gasteiger partial charge in [-0.2, -0.15) is 5.10 Å². The van der Waals surface area contributed by atoms with Crippen molar-refractivity contribution in [1.29, 1.82) is 0 Å². The van der Waals surface area contributed by atoms with Crippen molar-refractivity contribution in [2.24, 2.45) is 5.92 Å². The fourth-order valence-electron chi connectivity index (χ4n) is 4.61. The molecule has 0 radical (unpaired) electrons. The normalized spacial score (nSPS) is 29.2. The van der Waals surface area contributed by atoms with E-state index in [1.54, 1.807) is 6.20 Å². The molecule has 2 aromatic heterocycles. The van der Waals surface area contributed by atoms with Crippen LogP contribution >= 0.6 is 0 Å². The molecule has 2 atom stereocenters. The lowest BCUT2D eigenvalue weighted by molar-refractivity contribution is 0.0774. The van der Waals surface area contributed by atoms with Crippen LogP contribution in [0.4, 0.5) is 0 Å². The van der Waals surface area contributed by atoms with Crippen LogP contribution in [0.25, 0.3) is 0 Å². The number of nitrogens with zero attached hydrogens (tertiary/aromatic N) is 4. The smallest absolute Gasteiger partial charge is 0.257 e. The third-order valence-corrected chi connectivity index (χ3v) is 5.99. The van der Waals surface area contributed by atoms with Crippen LogP contribution in [0.1, 0.15) is 65.9 Å². The van der Waals surface area contributed by atoms with Gasteiger partial charge >= 0.3 is 0 Å². The molecule has 0 unspecified atom stereocenters. The van der Waals surface area contributed by atoms with Gasteiger partial charge in [-0.15, -0.1) is 10.2 Å². The second-order valence-electron chi connectivity index (χ2n) is 7.53. The van der Waals surface area contributed by atoms with E-state index in [1.165, 1.54) is 0 Å². The average Bonchev–Trinajstić information content (AvgIpc) is 2.98. The Morgan fingerprint density at radius 2 is 2.25 bits per heavy atom. The SMILES string of the molecule is Cc1nnc([C@]23CCC[C@H]2CN(C(=O)c2cn[nH]c2C2CC2)C3)o1. The van der Waals surface area contributed by atoms with Gasteiger partial charge in [0.25, 0.3) is 5.91 Å². The lowest BCUT2D eigenvalue weighted by atomic mass is 9.80. The van der Waals surface area contributed by atoms with Crippen molar-refractivity contribution in [3.63, 3.8) is 0 Å². The minimum atomic E-state index is -0.152. The van der Waals surface area contributed by atoms with Gasteiger partial charge in [0.1, 0.15) is 0 Å². The third kappa shape index (κ3) is 1.96. The molecule has 7 heteroatoms. The topological polar surface area (TPSA) is 87.9 Å². The summed E-state index contributed by atoms with van der Waals surface area (Å²) in [7, 11) is 0. The van der Waals surface area contributed by atoms with Crippen molar-refractivity contribution in [2.75, 3.05) is 13.1 Å². The molecule has 2 saturated carbocycles. The number of fused-ring (bicyclic) bond motifs is 1. The number of carbonyl (C=O) groups excluding carboxylic acids is 1. The molecular weight excluding hydrogens is 306 g/mol. The van der Waals surface area contributed by atoms with Crippen LogP contribution < -0.4 is 0 Å². The molecule has 3 heterocycles. The molecule has 2 aliphatic carbocycles. The van der Waals surface area contributed by atoms with Crippen LogP contribution in [0.5, 0.6) is 0 Å². The standard InChI is InChI=1S/C17H21N5O2/c1-10-19-21-16(24-10)17-6-2-3-12(17)8-22(9-17)15(23)13-7-18-20-14(13)11-4-5-11/h7,11-12H,2-6,8-9H2,1H3,(H,18,20)/t12-,17-/m0/s1. The predicted molar refractivity (Wildman–Crippen MR) is 84.5 cm³/mol. The molecule has 1 aliphatic heterocycles. The summed E-state index contributed by atoms with van der Waals surface area (Å²) in [4.78, 5) is 15.0. The van der Waals surface area contributed by atoms with E-state index in [2.05, 4.69) is 20.4 Å². The van der Waals surface area contributed by atoms with Crippen LogP contribution in [-0.4, -0.2) is 44.3 Å². The van der Waals surface area contributed by atoms with Crippen LogP contribution in [0.3, 0.4) is 0 Å². The number of likely N-dealkylation sites (tertiary alicyclic amines) is 1. The van der Waals surface area contributed by atoms with Gasteiger partial charge in [0.2, 0.25) is 11.8 Å². The average molecular weight is 327 g/mol. The first-order valence-electron chi connectivity index (χ1n) is 8.80. The quantitative estimate of drug-likeness (QED) is 0.933. The number of aromatic nitrogens is 4. The number of amides is 1. The predicted octanol–water partition coefficient (Wildman–Crippen LogP) is 2.17. The van der Waals surface area contributed by atoms with Crippen molar-refractivity contribution in [2.45, 2.75) is 50.4 Å². The molecule has 0 spiro atoms. The Morgan fingerprint density at radius 1 is 1.38 bits per heavy atom. The van der Waals surface area contributed by atoms with Crippen molar-refractivity contribution < 1.29 is 9.21 Å². The minimum absolute atomic E-state index is 0.0932. The lowest BCUT2D eigenvalue weighted by Gasteiger charge is -2.24. The summed E-state index contributed by atoms with van der Waals surface area (Å²) in [6.45, 7) is 3.27. The zero-order chi connectivity index (χ0) is 16.3. The first-order chi connectivity index (χ1) is 11.7. The fraction of sp³-hybridized carbons (Fsp3) is 0.647. The van der Waals surface area contributed by atoms with Crippen molar-refractivity contribution in [3.05, 3.63) is 29.2 Å². The number of hydrogen-bond donors (Lipinski definition) is 1. The van der Waals surface area contributed by atoms with Gasteiger partial charge in [-0.3, -0.25) is 9.89 Å². The van der Waals surface area contributed by atoms with E-state index < -0.39 is 0 Å². The number of nitrogens with one attached hydrogen (secondary N) is 1. The molecule has 2 aromatic rings. The van der Waals surface area contributed by atoms with E-state index in [-0.39, 0.29) is 11.3 Å². The van der Waals surface area contributed by atoms with E-state index in [0.717, 1.165) is 49.9 Å². The minimum Gasteiger partial charge on any atom is -0.425 e. The molecule has 3 fully saturated rings. The first-order valence-corrected chi connectivity index (χ1v) is 8.80. The van der Waals surface area contributed by atoms with Crippen LogP contribution in [-0.2, 0) is 5.41 Å². The second kappa shape index (κ2) is 4.91. The van der Waals surface area contributed by atoms with E-state index in [9.17, 15) is 4.79 Å². The summed E-state index contributed by atoms with van der Waals surface area (Å²) in [6, 6.07) is 0. The van der Waals surface area contributed by atoms with Gasteiger partial charge in [0, 0.05) is 25.9 Å². The zero-order valence-corrected chi connectivity index (χ0v) is 13.8. The van der Waals surface area contributed by atoms with E-state index in [1.807, 2.05) is 11.8 Å².